The molecule has 0 N–H and O–H groups in total. The number of ether oxygens (including phenoxy) is 3. The minimum Gasteiger partial charge on any atom is -0.493 e. The van der Waals surface area contributed by atoms with Gasteiger partial charge < -0.3 is 18.8 Å². The summed E-state index contributed by atoms with van der Waals surface area (Å²) in [4.78, 5) is 12.7. The summed E-state index contributed by atoms with van der Waals surface area (Å²) in [6.07, 6.45) is 0.749. The molecule has 140 valence electrons. The van der Waals surface area contributed by atoms with Crippen molar-refractivity contribution in [2.45, 2.75) is 40.2 Å². The van der Waals surface area contributed by atoms with E-state index in [1.165, 1.54) is 0 Å². The van der Waals surface area contributed by atoms with Crippen molar-refractivity contribution in [1.82, 2.24) is 4.57 Å². The zero-order valence-corrected chi connectivity index (χ0v) is 16.8. The highest BCUT2D eigenvalue weighted by molar-refractivity contribution is 6.33. The van der Waals surface area contributed by atoms with Crippen LogP contribution >= 0.6 is 11.6 Å². The molecule has 3 rings (SSSR count). The zero-order chi connectivity index (χ0) is 19.2. The van der Waals surface area contributed by atoms with Gasteiger partial charge in [-0.25, -0.2) is 4.79 Å². The number of hydrogen-bond acceptors (Lipinski definition) is 4. The average Bonchev–Trinajstić information content (AvgIpc) is 2.88. The Morgan fingerprint density at radius 3 is 2.58 bits per heavy atom. The fraction of sp³-hybridized carbons (Fsp3) is 0.450. The van der Waals surface area contributed by atoms with Crippen LogP contribution < -0.4 is 9.47 Å². The first-order chi connectivity index (χ1) is 12.4. The third kappa shape index (κ3) is 2.57. The highest BCUT2D eigenvalue weighted by Gasteiger charge is 2.34. The molecular weight excluding hydrogens is 354 g/mol. The van der Waals surface area contributed by atoms with Gasteiger partial charge in [0.05, 0.1) is 37.1 Å². The van der Waals surface area contributed by atoms with E-state index in [-0.39, 0.29) is 12.0 Å². The van der Waals surface area contributed by atoms with Crippen molar-refractivity contribution in [3.05, 3.63) is 33.5 Å². The number of fused-ring (bicyclic) bond motifs is 3. The Morgan fingerprint density at radius 2 is 2.00 bits per heavy atom. The van der Waals surface area contributed by atoms with Crippen LogP contribution in [0.3, 0.4) is 0 Å². The average molecular weight is 378 g/mol. The third-order valence-electron chi connectivity index (χ3n) is 5.14. The fourth-order valence-corrected chi connectivity index (χ4v) is 4.23. The summed E-state index contributed by atoms with van der Waals surface area (Å²) in [6.45, 7) is 8.26. The molecule has 2 heterocycles. The highest BCUT2D eigenvalue weighted by Crippen LogP contribution is 2.49. The summed E-state index contributed by atoms with van der Waals surface area (Å²) >= 11 is 6.65. The molecule has 1 aromatic carbocycles. The van der Waals surface area contributed by atoms with Crippen LogP contribution in [-0.4, -0.2) is 31.4 Å². The van der Waals surface area contributed by atoms with Gasteiger partial charge in [0.15, 0.2) is 11.5 Å². The van der Waals surface area contributed by atoms with Gasteiger partial charge in [-0.1, -0.05) is 11.6 Å². The molecule has 0 aliphatic carbocycles. The van der Waals surface area contributed by atoms with E-state index in [0.717, 1.165) is 34.5 Å². The van der Waals surface area contributed by atoms with Crippen molar-refractivity contribution in [3.63, 3.8) is 0 Å². The van der Waals surface area contributed by atoms with E-state index in [2.05, 4.69) is 11.5 Å². The Bertz CT molecular complexity index is 885. The number of hydrogen-bond donors (Lipinski definition) is 0. The molecule has 0 bridgehead atoms. The van der Waals surface area contributed by atoms with Gasteiger partial charge in [0, 0.05) is 17.3 Å². The lowest BCUT2D eigenvalue weighted by molar-refractivity contribution is 0.0526. The van der Waals surface area contributed by atoms with Crippen LogP contribution in [0.5, 0.6) is 11.5 Å². The standard InChI is InChI=1S/C20H24ClNO4/c1-7-26-20(23)16-11(3)12(4)22-10(2)8-13-14(18(16)22)9-15(24-5)19(25-6)17(13)21/h9-10H,7-8H2,1-6H3. The van der Waals surface area contributed by atoms with Crippen molar-refractivity contribution in [1.29, 1.82) is 0 Å². The molecule has 26 heavy (non-hydrogen) atoms. The zero-order valence-electron chi connectivity index (χ0n) is 16.0. The second kappa shape index (κ2) is 6.88. The maximum absolute atomic E-state index is 12.7. The Kier molecular flexibility index (Phi) is 4.93. The molecule has 0 fully saturated rings. The SMILES string of the molecule is CCOC(=O)c1c(C)c(C)n2c1-c1cc(OC)c(OC)c(Cl)c1CC2C. The van der Waals surface area contributed by atoms with Crippen molar-refractivity contribution in [3.8, 4) is 22.8 Å². The number of carbonyl (C=O) groups excluding carboxylic acids is 1. The molecule has 0 radical (unpaired) electrons. The first-order valence-corrected chi connectivity index (χ1v) is 9.07. The maximum Gasteiger partial charge on any atom is 0.340 e. The lowest BCUT2D eigenvalue weighted by Gasteiger charge is -2.29. The summed E-state index contributed by atoms with van der Waals surface area (Å²) in [5.41, 5.74) is 5.30. The van der Waals surface area contributed by atoms with Crippen LogP contribution in [0.25, 0.3) is 11.3 Å². The molecule has 1 aromatic heterocycles. The summed E-state index contributed by atoms with van der Waals surface area (Å²) < 4.78 is 18.5. The van der Waals surface area contributed by atoms with E-state index >= 15 is 0 Å². The molecule has 5 nitrogen and oxygen atoms in total. The van der Waals surface area contributed by atoms with E-state index in [4.69, 9.17) is 25.8 Å². The van der Waals surface area contributed by atoms with E-state index in [1.807, 2.05) is 26.8 Å². The number of aromatic nitrogens is 1. The van der Waals surface area contributed by atoms with Crippen LogP contribution in [0.2, 0.25) is 5.02 Å². The highest BCUT2D eigenvalue weighted by atomic mass is 35.5. The summed E-state index contributed by atoms with van der Waals surface area (Å²) in [6, 6.07) is 2.06. The molecule has 2 aromatic rings. The fourth-order valence-electron chi connectivity index (χ4n) is 3.88. The molecule has 1 unspecified atom stereocenters. The van der Waals surface area contributed by atoms with E-state index in [9.17, 15) is 4.79 Å². The van der Waals surface area contributed by atoms with Gasteiger partial charge in [-0.05, 0) is 51.3 Å². The normalized spacial score (nSPS) is 15.3. The van der Waals surface area contributed by atoms with E-state index < -0.39 is 0 Å². The van der Waals surface area contributed by atoms with Crippen LogP contribution in [0.1, 0.15) is 47.1 Å². The van der Waals surface area contributed by atoms with Crippen LogP contribution in [0.4, 0.5) is 0 Å². The molecule has 0 saturated heterocycles. The predicted octanol–water partition coefficient (Wildman–Crippen LogP) is 4.74. The monoisotopic (exact) mass is 377 g/mol. The molecule has 0 spiro atoms. The van der Waals surface area contributed by atoms with Crippen LogP contribution in [0.15, 0.2) is 6.07 Å². The lowest BCUT2D eigenvalue weighted by Crippen LogP contribution is -2.19. The molecular formula is C20H24ClNO4. The Morgan fingerprint density at radius 1 is 1.31 bits per heavy atom. The van der Waals surface area contributed by atoms with Gasteiger partial charge in [0.2, 0.25) is 0 Å². The van der Waals surface area contributed by atoms with Gasteiger partial charge in [-0.2, -0.15) is 0 Å². The first-order valence-electron chi connectivity index (χ1n) is 8.69. The van der Waals surface area contributed by atoms with Gasteiger partial charge in [0.25, 0.3) is 0 Å². The molecule has 1 aliphatic rings. The largest absolute Gasteiger partial charge is 0.493 e. The number of halogens is 1. The summed E-state index contributed by atoms with van der Waals surface area (Å²) in [5, 5.41) is 0.534. The number of rotatable bonds is 4. The van der Waals surface area contributed by atoms with Gasteiger partial charge in [-0.15, -0.1) is 0 Å². The molecule has 1 aliphatic heterocycles. The van der Waals surface area contributed by atoms with Gasteiger partial charge >= 0.3 is 5.97 Å². The van der Waals surface area contributed by atoms with Crippen molar-refractivity contribution < 1.29 is 19.0 Å². The summed E-state index contributed by atoms with van der Waals surface area (Å²) in [5.74, 6) is 0.753. The van der Waals surface area contributed by atoms with Gasteiger partial charge in [0.1, 0.15) is 0 Å². The smallest absolute Gasteiger partial charge is 0.340 e. The Hall–Kier alpha value is -2.14. The first kappa shape index (κ1) is 18.6. The number of nitrogens with zero attached hydrogens (tertiary/aromatic N) is 1. The second-order valence-corrected chi connectivity index (χ2v) is 6.91. The summed E-state index contributed by atoms with van der Waals surface area (Å²) in [7, 11) is 3.15. The molecule has 0 saturated carbocycles. The van der Waals surface area contributed by atoms with Crippen LogP contribution in [0, 0.1) is 13.8 Å². The Balaban J connectivity index is 2.38. The van der Waals surface area contributed by atoms with E-state index in [1.54, 1.807) is 14.2 Å². The maximum atomic E-state index is 12.7. The van der Waals surface area contributed by atoms with Crippen molar-refractivity contribution in [2.24, 2.45) is 0 Å². The number of methoxy groups -OCH3 is 2. The topological polar surface area (TPSA) is 49.7 Å². The third-order valence-corrected chi connectivity index (χ3v) is 5.54. The number of benzene rings is 1. The second-order valence-electron chi connectivity index (χ2n) is 6.53. The number of esters is 1. The van der Waals surface area contributed by atoms with E-state index in [0.29, 0.717) is 28.7 Å². The van der Waals surface area contributed by atoms with Gasteiger partial charge in [-0.3, -0.25) is 0 Å². The minimum absolute atomic E-state index is 0.162. The number of carbonyl (C=O) groups is 1. The van der Waals surface area contributed by atoms with Crippen molar-refractivity contribution in [2.75, 3.05) is 20.8 Å². The quantitative estimate of drug-likeness (QED) is 0.722. The predicted molar refractivity (Wildman–Crippen MR) is 102 cm³/mol. The molecule has 1 atom stereocenters. The minimum atomic E-state index is -0.312. The molecule has 0 amide bonds. The Labute approximate surface area is 158 Å². The van der Waals surface area contributed by atoms with Crippen LogP contribution in [-0.2, 0) is 11.2 Å². The lowest BCUT2D eigenvalue weighted by atomic mass is 9.91. The molecule has 6 heteroatoms. The van der Waals surface area contributed by atoms with Crippen molar-refractivity contribution >= 4 is 17.6 Å².